The van der Waals surface area contributed by atoms with Crippen molar-refractivity contribution >= 4 is 86.6 Å². The Hall–Kier alpha value is 5.36. The van der Waals surface area contributed by atoms with E-state index in [0.29, 0.717) is 5.25 Å². The van der Waals surface area contributed by atoms with Crippen LogP contribution in [0.1, 0.15) is 83.1 Å². The maximum absolute atomic E-state index is 11.4. The van der Waals surface area contributed by atoms with E-state index in [0.717, 1.165) is 0 Å². The molecule has 0 aromatic rings. The first-order valence-corrected chi connectivity index (χ1v) is 23.0. The van der Waals surface area contributed by atoms with Gasteiger partial charge in [-0.1, -0.05) is 76.5 Å². The van der Waals surface area contributed by atoms with Crippen LogP contribution in [-0.2, 0) is 49.0 Å². The third-order valence-corrected chi connectivity index (χ3v) is 16.2. The van der Waals surface area contributed by atoms with Crippen molar-refractivity contribution in [1.29, 1.82) is 0 Å². The molecule has 3 unspecified atom stereocenters. The topological polar surface area (TPSA) is 129 Å². The van der Waals surface area contributed by atoms with Crippen molar-refractivity contribution in [2.24, 2.45) is 0 Å². The number of hydrogen-bond donors (Lipinski definition) is 2. The predicted molar refractivity (Wildman–Crippen MR) is 167 cm³/mol. The fourth-order valence-corrected chi connectivity index (χ4v) is 17.8. The van der Waals surface area contributed by atoms with Crippen LogP contribution in [-0.4, -0.2) is 39.0 Å². The second-order valence-corrected chi connectivity index (χ2v) is 27.8. The van der Waals surface area contributed by atoms with Gasteiger partial charge in [0.25, 0.3) is 0 Å². The standard InChI is InChI=1S/3C6H15O2PS2.K.H3N.Na/c3*1-5(2)8-9(7,10)11-6(3)4;;;/h3*5-6H,1-4H3,(H,7,10);;1H3;/q;;;+1;;+1/p-2. The number of rotatable bonds is 12. The molecule has 0 aliphatic heterocycles. The molecule has 0 rings (SSSR count). The molecule has 0 bridgehead atoms. The van der Waals surface area contributed by atoms with Gasteiger partial charge in [-0.3, -0.25) is 0 Å². The van der Waals surface area contributed by atoms with Crippen molar-refractivity contribution in [1.82, 2.24) is 6.15 Å². The van der Waals surface area contributed by atoms with Gasteiger partial charge in [0, 0.05) is 27.1 Å². The summed E-state index contributed by atoms with van der Waals surface area (Å²) in [5.74, 6) is 0. The van der Waals surface area contributed by atoms with Crippen molar-refractivity contribution in [3.63, 3.8) is 0 Å². The molecule has 18 heteroatoms. The van der Waals surface area contributed by atoms with Crippen LogP contribution in [0.2, 0.25) is 0 Å². The first kappa shape index (κ1) is 53.9. The summed E-state index contributed by atoms with van der Waals surface area (Å²) in [6, 6.07) is 0. The van der Waals surface area contributed by atoms with Crippen molar-refractivity contribution in [3.8, 4) is 0 Å². The van der Waals surface area contributed by atoms with Gasteiger partial charge in [0.15, 0.2) is 0 Å². The fourth-order valence-electron chi connectivity index (χ4n) is 1.64. The van der Waals surface area contributed by atoms with Gasteiger partial charge in [0.1, 0.15) is 0 Å². The molecule has 0 saturated carbocycles. The molecule has 0 aromatic carbocycles. The zero-order chi connectivity index (χ0) is 27.2. The molecule has 4 N–H and O–H groups in total. The van der Waals surface area contributed by atoms with E-state index in [9.17, 15) is 14.7 Å². The van der Waals surface area contributed by atoms with Gasteiger partial charge in [-0.15, -0.1) is 22.8 Å². The Bertz CT molecular complexity index is 539. The molecular formula is C18H46KNNaO6P3S6. The Morgan fingerprint density at radius 1 is 0.583 bits per heavy atom. The summed E-state index contributed by atoms with van der Waals surface area (Å²) in [6.45, 7) is 22.9. The average Bonchev–Trinajstić information content (AvgIpc) is 2.38. The normalized spacial score (nSPS) is 15.9. The van der Waals surface area contributed by atoms with Gasteiger partial charge >= 0.3 is 80.9 Å². The maximum atomic E-state index is 11.4. The largest absolute Gasteiger partial charge is 1.00 e. The van der Waals surface area contributed by atoms with Crippen LogP contribution in [0.25, 0.3) is 0 Å². The van der Waals surface area contributed by atoms with Crippen LogP contribution in [0.4, 0.5) is 0 Å². The van der Waals surface area contributed by atoms with Gasteiger partial charge in [-0.2, -0.15) is 0 Å². The molecule has 36 heavy (non-hydrogen) atoms. The monoisotopic (exact) mass is 719 g/mol. The molecule has 0 saturated heterocycles. The summed E-state index contributed by atoms with van der Waals surface area (Å²) in [6.07, 6.45) is -0.0914. The van der Waals surface area contributed by atoms with Crippen LogP contribution < -0.4 is 96.9 Å². The van der Waals surface area contributed by atoms with E-state index in [1.807, 2.05) is 83.1 Å². The minimum atomic E-state index is -2.80. The summed E-state index contributed by atoms with van der Waals surface area (Å²) in [5.41, 5.74) is -8.16. The summed E-state index contributed by atoms with van der Waals surface area (Å²) in [4.78, 5) is 32.3. The van der Waals surface area contributed by atoms with Gasteiger partial charge < -0.3 is 34.4 Å². The van der Waals surface area contributed by atoms with Crippen LogP contribution in [0.3, 0.4) is 0 Å². The molecule has 0 heterocycles. The Morgan fingerprint density at radius 3 is 0.972 bits per heavy atom. The molecule has 0 aliphatic rings. The van der Waals surface area contributed by atoms with Crippen LogP contribution in [0.15, 0.2) is 0 Å². The predicted octanol–water partition coefficient (Wildman–Crippen LogP) is 1.22. The Labute approximate surface area is 314 Å². The van der Waals surface area contributed by atoms with E-state index in [-0.39, 0.29) is 116 Å². The third-order valence-electron chi connectivity index (χ3n) is 2.05. The van der Waals surface area contributed by atoms with Gasteiger partial charge in [0.05, 0.1) is 18.3 Å². The third kappa shape index (κ3) is 46.3. The molecule has 0 aliphatic carbocycles. The zero-order valence-electron chi connectivity index (χ0n) is 24.5. The quantitative estimate of drug-likeness (QED) is 0.222. The van der Waals surface area contributed by atoms with E-state index in [1.165, 1.54) is 34.1 Å². The van der Waals surface area contributed by atoms with E-state index in [2.05, 4.69) is 0 Å². The molecule has 7 nitrogen and oxygen atoms in total. The molecule has 0 radical (unpaired) electrons. The minimum Gasteiger partial charge on any atom is -0.793 e. The molecule has 3 atom stereocenters. The smallest absolute Gasteiger partial charge is 0.793 e. The zero-order valence-corrected chi connectivity index (χ0v) is 37.2. The summed E-state index contributed by atoms with van der Waals surface area (Å²) < 4.78 is 15.4. The first-order valence-electron chi connectivity index (χ1n) is 10.6. The van der Waals surface area contributed by atoms with Gasteiger partial charge in [-0.25, -0.2) is 0 Å². The van der Waals surface area contributed by atoms with E-state index >= 15 is 0 Å². The van der Waals surface area contributed by atoms with Crippen molar-refractivity contribution in [3.05, 3.63) is 0 Å². The van der Waals surface area contributed by atoms with Crippen LogP contribution in [0, 0.1) is 0 Å². The maximum Gasteiger partial charge on any atom is 1.00 e. The molecule has 0 fully saturated rings. The van der Waals surface area contributed by atoms with Crippen molar-refractivity contribution in [2.75, 3.05) is 0 Å². The summed E-state index contributed by atoms with van der Waals surface area (Å²) in [7, 11) is 0. The SMILES string of the molecule is CC(C)OP(O)(=S)SC(C)C.CC(C)OP([O-])(=S)SC(C)C.CC(C)OP([O-])(=S)SC(C)C.N.[K+].[Na+]. The van der Waals surface area contributed by atoms with Crippen molar-refractivity contribution in [2.45, 2.75) is 117 Å². The van der Waals surface area contributed by atoms with E-state index in [1.54, 1.807) is 0 Å². The van der Waals surface area contributed by atoms with E-state index in [4.69, 9.17) is 49.0 Å². The molecule has 0 amide bonds. The first-order chi connectivity index (χ1) is 14.5. The molecule has 0 spiro atoms. The molecular weight excluding hydrogens is 674 g/mol. The molecule has 0 aromatic heterocycles. The number of hydrogen-bond acceptors (Lipinski definition) is 12. The molecule has 212 valence electrons. The summed E-state index contributed by atoms with van der Waals surface area (Å²) >= 11 is 18.3. The fraction of sp³-hybridized carbons (Fsp3) is 1.00. The van der Waals surface area contributed by atoms with Crippen LogP contribution in [0.5, 0.6) is 0 Å². The van der Waals surface area contributed by atoms with Crippen molar-refractivity contribution < 1.29 is 109 Å². The second-order valence-electron chi connectivity index (χ2n) is 8.29. The Kier molecular flexibility index (Phi) is 41.7. The van der Waals surface area contributed by atoms with Gasteiger partial charge in [-0.05, 0) is 53.3 Å². The Morgan fingerprint density at radius 2 is 0.806 bits per heavy atom. The summed E-state index contributed by atoms with van der Waals surface area (Å²) in [5, 5.41) is 0.846. The average molecular weight is 720 g/mol. The second kappa shape index (κ2) is 27.9. The van der Waals surface area contributed by atoms with Crippen LogP contribution >= 0.6 is 51.2 Å². The van der Waals surface area contributed by atoms with Gasteiger partial charge in [0.2, 0.25) is 5.69 Å². The Balaban J connectivity index is -0.0000000900. The van der Waals surface area contributed by atoms with E-state index < -0.39 is 17.1 Å². The minimum absolute atomic E-state index is 0.